The van der Waals surface area contributed by atoms with Gasteiger partial charge in [-0.15, -0.1) is 0 Å². The van der Waals surface area contributed by atoms with Gasteiger partial charge < -0.3 is 15.2 Å². The first kappa shape index (κ1) is 10.6. The first-order valence-corrected chi connectivity index (χ1v) is 4.66. The smallest absolute Gasteiger partial charge is 0.170 e. The quantitative estimate of drug-likeness (QED) is 0.666. The standard InChI is InChI=1S/C11H9FN2O2/c12-6-1-2-7-8(5-14-9(7)3-6)11(16)10(15)4-13/h1-3,5,10-11,14-16H. The van der Waals surface area contributed by atoms with E-state index in [9.17, 15) is 14.6 Å². The van der Waals surface area contributed by atoms with Crippen LogP contribution >= 0.6 is 0 Å². The van der Waals surface area contributed by atoms with Crippen molar-refractivity contribution >= 4 is 10.9 Å². The summed E-state index contributed by atoms with van der Waals surface area (Å²) in [5.74, 6) is -0.392. The Hall–Kier alpha value is -1.90. The van der Waals surface area contributed by atoms with E-state index in [2.05, 4.69) is 4.98 Å². The van der Waals surface area contributed by atoms with Crippen molar-refractivity contribution in [3.05, 3.63) is 35.8 Å². The van der Waals surface area contributed by atoms with Gasteiger partial charge in [0.25, 0.3) is 0 Å². The molecule has 1 aromatic heterocycles. The van der Waals surface area contributed by atoms with Crippen LogP contribution in [0.2, 0.25) is 0 Å². The molecule has 0 saturated heterocycles. The Bertz CT molecular complexity index is 559. The molecule has 1 aromatic carbocycles. The number of halogens is 1. The number of rotatable bonds is 2. The minimum absolute atomic E-state index is 0.379. The maximum Gasteiger partial charge on any atom is 0.170 e. The molecule has 0 spiro atoms. The topological polar surface area (TPSA) is 80.0 Å². The van der Waals surface area contributed by atoms with E-state index in [4.69, 9.17) is 5.26 Å². The summed E-state index contributed by atoms with van der Waals surface area (Å²) >= 11 is 0. The fourth-order valence-electron chi connectivity index (χ4n) is 1.61. The highest BCUT2D eigenvalue weighted by atomic mass is 19.1. The van der Waals surface area contributed by atoms with Gasteiger partial charge in [0.15, 0.2) is 6.10 Å². The molecule has 0 bridgehead atoms. The lowest BCUT2D eigenvalue weighted by atomic mass is 10.0. The number of nitriles is 1. The van der Waals surface area contributed by atoms with Gasteiger partial charge in [-0.3, -0.25) is 0 Å². The summed E-state index contributed by atoms with van der Waals surface area (Å²) in [5, 5.41) is 27.9. The maximum absolute atomic E-state index is 12.9. The number of hydrogen-bond acceptors (Lipinski definition) is 3. The van der Waals surface area contributed by atoms with Crippen molar-refractivity contribution in [1.82, 2.24) is 4.98 Å². The predicted octanol–water partition coefficient (Wildman–Crippen LogP) is 1.22. The number of fused-ring (bicyclic) bond motifs is 1. The van der Waals surface area contributed by atoms with E-state index < -0.39 is 18.0 Å². The third-order valence-corrected chi connectivity index (χ3v) is 2.43. The molecule has 2 aromatic rings. The van der Waals surface area contributed by atoms with Gasteiger partial charge in [0, 0.05) is 22.7 Å². The van der Waals surface area contributed by atoms with Crippen LogP contribution in [0, 0.1) is 17.1 Å². The molecule has 1 heterocycles. The monoisotopic (exact) mass is 220 g/mol. The molecular weight excluding hydrogens is 211 g/mol. The molecule has 16 heavy (non-hydrogen) atoms. The van der Waals surface area contributed by atoms with Gasteiger partial charge in [-0.05, 0) is 18.2 Å². The van der Waals surface area contributed by atoms with Gasteiger partial charge in [-0.25, -0.2) is 4.39 Å². The Morgan fingerprint density at radius 3 is 2.81 bits per heavy atom. The van der Waals surface area contributed by atoms with Crippen LogP contribution < -0.4 is 0 Å². The molecule has 5 heteroatoms. The number of H-pyrrole nitrogens is 1. The van der Waals surface area contributed by atoms with Gasteiger partial charge in [-0.2, -0.15) is 5.26 Å². The van der Waals surface area contributed by atoms with Crippen LogP contribution in [0.15, 0.2) is 24.4 Å². The van der Waals surface area contributed by atoms with Crippen molar-refractivity contribution in [1.29, 1.82) is 5.26 Å². The highest BCUT2D eigenvalue weighted by Gasteiger charge is 2.20. The Balaban J connectivity index is 2.51. The second-order valence-electron chi connectivity index (χ2n) is 3.45. The van der Waals surface area contributed by atoms with E-state index in [1.807, 2.05) is 0 Å². The second-order valence-corrected chi connectivity index (χ2v) is 3.45. The molecule has 4 nitrogen and oxygen atoms in total. The Kier molecular flexibility index (Phi) is 2.60. The third kappa shape index (κ3) is 1.65. The summed E-state index contributed by atoms with van der Waals surface area (Å²) in [6.45, 7) is 0. The summed E-state index contributed by atoms with van der Waals surface area (Å²) in [6, 6.07) is 5.57. The molecule has 2 atom stereocenters. The van der Waals surface area contributed by atoms with Gasteiger partial charge in [0.05, 0.1) is 6.07 Å². The molecule has 0 fully saturated rings. The van der Waals surface area contributed by atoms with Gasteiger partial charge >= 0.3 is 0 Å². The fourth-order valence-corrected chi connectivity index (χ4v) is 1.61. The maximum atomic E-state index is 12.9. The molecule has 3 N–H and O–H groups in total. The average molecular weight is 220 g/mol. The number of benzene rings is 1. The fraction of sp³-hybridized carbons (Fsp3) is 0.182. The number of nitrogens with one attached hydrogen (secondary N) is 1. The molecule has 0 aliphatic carbocycles. The first-order valence-electron chi connectivity index (χ1n) is 4.66. The van der Waals surface area contributed by atoms with E-state index >= 15 is 0 Å². The summed E-state index contributed by atoms with van der Waals surface area (Å²) in [7, 11) is 0. The predicted molar refractivity (Wildman–Crippen MR) is 54.8 cm³/mol. The van der Waals surface area contributed by atoms with Crippen LogP contribution in [0.4, 0.5) is 4.39 Å². The third-order valence-electron chi connectivity index (χ3n) is 2.43. The van der Waals surface area contributed by atoms with Crippen molar-refractivity contribution in [3.8, 4) is 6.07 Å². The second kappa shape index (κ2) is 3.93. The van der Waals surface area contributed by atoms with Gasteiger partial charge in [-0.1, -0.05) is 0 Å². The number of aromatic amines is 1. The van der Waals surface area contributed by atoms with Crippen LogP contribution in [0.5, 0.6) is 0 Å². The normalized spacial score (nSPS) is 14.6. The molecule has 0 aliphatic heterocycles. The van der Waals surface area contributed by atoms with E-state index in [1.165, 1.54) is 24.4 Å². The van der Waals surface area contributed by atoms with Crippen LogP contribution in [0.1, 0.15) is 11.7 Å². The zero-order valence-electron chi connectivity index (χ0n) is 8.18. The zero-order valence-corrected chi connectivity index (χ0v) is 8.18. The number of aromatic nitrogens is 1. The lowest BCUT2D eigenvalue weighted by Crippen LogP contribution is -2.15. The summed E-state index contributed by atoms with van der Waals surface area (Å²) in [4.78, 5) is 2.77. The number of hydrogen-bond donors (Lipinski definition) is 3. The van der Waals surface area contributed by atoms with Crippen molar-refractivity contribution in [2.75, 3.05) is 0 Å². The van der Waals surface area contributed by atoms with E-state index in [1.54, 1.807) is 6.07 Å². The zero-order chi connectivity index (χ0) is 11.7. The van der Waals surface area contributed by atoms with E-state index in [0.717, 1.165) is 0 Å². The Morgan fingerprint density at radius 1 is 1.38 bits per heavy atom. The van der Waals surface area contributed by atoms with Crippen LogP contribution in [0.3, 0.4) is 0 Å². The van der Waals surface area contributed by atoms with Gasteiger partial charge in [0.2, 0.25) is 0 Å². The molecule has 0 amide bonds. The number of aliphatic hydroxyl groups excluding tert-OH is 2. The highest BCUT2D eigenvalue weighted by molar-refractivity contribution is 5.83. The van der Waals surface area contributed by atoms with Crippen molar-refractivity contribution in [3.63, 3.8) is 0 Å². The molecule has 0 saturated carbocycles. The molecular formula is C11H9FN2O2. The Labute approximate surface area is 90.6 Å². The minimum Gasteiger partial charge on any atom is -0.384 e. The first-order chi connectivity index (χ1) is 7.63. The summed E-state index contributed by atoms with van der Waals surface area (Å²) in [5.41, 5.74) is 0.892. The average Bonchev–Trinajstić information content (AvgIpc) is 2.69. The summed E-state index contributed by atoms with van der Waals surface area (Å²) < 4.78 is 12.9. The van der Waals surface area contributed by atoms with E-state index in [0.29, 0.717) is 16.5 Å². The lowest BCUT2D eigenvalue weighted by Gasteiger charge is -2.10. The Morgan fingerprint density at radius 2 is 2.12 bits per heavy atom. The van der Waals surface area contributed by atoms with Crippen LogP contribution in [0.25, 0.3) is 10.9 Å². The minimum atomic E-state index is -1.50. The molecule has 0 aliphatic rings. The summed E-state index contributed by atoms with van der Waals surface area (Å²) in [6.07, 6.45) is -1.34. The number of aliphatic hydroxyl groups is 2. The molecule has 0 radical (unpaired) electrons. The van der Waals surface area contributed by atoms with E-state index in [-0.39, 0.29) is 0 Å². The van der Waals surface area contributed by atoms with Crippen molar-refractivity contribution in [2.24, 2.45) is 0 Å². The molecule has 2 rings (SSSR count). The van der Waals surface area contributed by atoms with Crippen molar-refractivity contribution < 1.29 is 14.6 Å². The molecule has 2 unspecified atom stereocenters. The van der Waals surface area contributed by atoms with Crippen LogP contribution in [-0.2, 0) is 0 Å². The molecule has 82 valence electrons. The highest BCUT2D eigenvalue weighted by Crippen LogP contribution is 2.26. The number of nitrogens with zero attached hydrogens (tertiary/aromatic N) is 1. The largest absolute Gasteiger partial charge is 0.384 e. The van der Waals surface area contributed by atoms with Crippen LogP contribution in [-0.4, -0.2) is 21.3 Å². The lowest BCUT2D eigenvalue weighted by molar-refractivity contribution is 0.0538. The SMILES string of the molecule is N#CC(O)C(O)c1c[nH]c2cc(F)ccc12. The van der Waals surface area contributed by atoms with Gasteiger partial charge in [0.1, 0.15) is 11.9 Å². The van der Waals surface area contributed by atoms with Crippen molar-refractivity contribution in [2.45, 2.75) is 12.2 Å².